The van der Waals surface area contributed by atoms with Crippen LogP contribution in [0.15, 0.2) is 52.2 Å². The Morgan fingerprint density at radius 2 is 2.13 bits per heavy atom. The first kappa shape index (κ1) is 16.0. The maximum Gasteiger partial charge on any atom is 0.237 e. The van der Waals surface area contributed by atoms with Crippen molar-refractivity contribution in [3.8, 4) is 0 Å². The number of thioether (sulfide) groups is 1. The lowest BCUT2D eigenvalue weighted by atomic mass is 10.3. The molecule has 0 bridgehead atoms. The molecule has 0 fully saturated rings. The van der Waals surface area contributed by atoms with E-state index in [1.165, 1.54) is 11.8 Å². The van der Waals surface area contributed by atoms with E-state index in [9.17, 15) is 4.79 Å². The Balaban J connectivity index is 1.71. The molecule has 2 heterocycles. The van der Waals surface area contributed by atoms with Gasteiger partial charge in [0, 0.05) is 16.4 Å². The van der Waals surface area contributed by atoms with E-state index in [0.29, 0.717) is 17.2 Å². The predicted octanol–water partition coefficient (Wildman–Crippen LogP) is 4.23. The van der Waals surface area contributed by atoms with Gasteiger partial charge in [-0.2, -0.15) is 0 Å². The van der Waals surface area contributed by atoms with Gasteiger partial charge in [0.05, 0.1) is 10.8 Å². The number of benzene rings is 1. The lowest BCUT2D eigenvalue weighted by Gasteiger charge is -2.13. The molecule has 1 amide bonds. The minimum absolute atomic E-state index is 0.0340. The van der Waals surface area contributed by atoms with Crippen LogP contribution in [0.4, 0.5) is 5.69 Å². The Hall–Kier alpha value is -1.86. The van der Waals surface area contributed by atoms with Crippen LogP contribution < -0.4 is 5.32 Å². The van der Waals surface area contributed by atoms with Crippen LogP contribution in [0.1, 0.15) is 13.3 Å². The second-order valence-electron chi connectivity index (χ2n) is 4.93. The van der Waals surface area contributed by atoms with E-state index in [1.807, 2.05) is 43.3 Å². The number of aromatic amines is 1. The SMILES string of the molecule is CC[C@H](Sc1nc2ncccc2[nH]1)C(=O)Nc1ccc(Br)cc1. The molecule has 1 atom stereocenters. The van der Waals surface area contributed by atoms with Crippen molar-refractivity contribution in [1.29, 1.82) is 0 Å². The van der Waals surface area contributed by atoms with Crippen LogP contribution >= 0.6 is 27.7 Å². The number of amides is 1. The van der Waals surface area contributed by atoms with E-state index in [-0.39, 0.29) is 11.2 Å². The number of hydrogen-bond acceptors (Lipinski definition) is 4. The fraction of sp³-hybridized carbons (Fsp3) is 0.188. The summed E-state index contributed by atoms with van der Waals surface area (Å²) in [6.45, 7) is 1.99. The largest absolute Gasteiger partial charge is 0.332 e. The average Bonchev–Trinajstić information content (AvgIpc) is 2.97. The van der Waals surface area contributed by atoms with Crippen LogP contribution in [0.5, 0.6) is 0 Å². The first-order valence-electron chi connectivity index (χ1n) is 7.19. The number of nitrogens with one attached hydrogen (secondary N) is 2. The van der Waals surface area contributed by atoms with Gasteiger partial charge >= 0.3 is 0 Å². The van der Waals surface area contributed by atoms with Crippen LogP contribution in [0.25, 0.3) is 11.2 Å². The summed E-state index contributed by atoms with van der Waals surface area (Å²) in [6.07, 6.45) is 2.41. The molecule has 0 spiro atoms. The van der Waals surface area contributed by atoms with Gasteiger partial charge in [-0.15, -0.1) is 0 Å². The van der Waals surface area contributed by atoms with E-state index in [1.54, 1.807) is 6.20 Å². The number of rotatable bonds is 5. The highest BCUT2D eigenvalue weighted by Crippen LogP contribution is 2.26. The summed E-state index contributed by atoms with van der Waals surface area (Å²) in [6, 6.07) is 11.3. The monoisotopic (exact) mass is 390 g/mol. The van der Waals surface area contributed by atoms with Crippen LogP contribution in [0, 0.1) is 0 Å². The molecule has 3 aromatic rings. The zero-order valence-corrected chi connectivity index (χ0v) is 14.8. The maximum absolute atomic E-state index is 12.4. The lowest BCUT2D eigenvalue weighted by molar-refractivity contribution is -0.115. The zero-order chi connectivity index (χ0) is 16.2. The molecule has 3 rings (SSSR count). The van der Waals surface area contributed by atoms with Gasteiger partial charge in [0.2, 0.25) is 5.91 Å². The number of imidazole rings is 1. The zero-order valence-electron chi connectivity index (χ0n) is 12.4. The molecule has 118 valence electrons. The molecule has 23 heavy (non-hydrogen) atoms. The van der Waals surface area contributed by atoms with Crippen LogP contribution in [0.2, 0.25) is 0 Å². The number of carbonyl (C=O) groups is 1. The van der Waals surface area contributed by atoms with Crippen molar-refractivity contribution in [3.05, 3.63) is 47.1 Å². The van der Waals surface area contributed by atoms with E-state index >= 15 is 0 Å². The van der Waals surface area contributed by atoms with E-state index in [4.69, 9.17) is 0 Å². The Morgan fingerprint density at radius 3 is 2.83 bits per heavy atom. The van der Waals surface area contributed by atoms with Gasteiger partial charge in [0.1, 0.15) is 0 Å². The molecule has 0 radical (unpaired) electrons. The third kappa shape index (κ3) is 3.92. The molecule has 7 heteroatoms. The molecule has 0 aliphatic rings. The molecule has 0 saturated heterocycles. The lowest BCUT2D eigenvalue weighted by Crippen LogP contribution is -2.24. The Bertz CT molecular complexity index is 785. The third-order valence-corrected chi connectivity index (χ3v) is 5.04. The second-order valence-corrected chi connectivity index (χ2v) is 7.03. The molecule has 1 aromatic carbocycles. The summed E-state index contributed by atoms with van der Waals surface area (Å²) in [4.78, 5) is 24.2. The third-order valence-electron chi connectivity index (χ3n) is 3.26. The molecular weight excluding hydrogens is 376 g/mol. The fourth-order valence-corrected chi connectivity index (χ4v) is 3.27. The van der Waals surface area contributed by atoms with Gasteiger partial charge in [-0.3, -0.25) is 4.79 Å². The molecule has 2 N–H and O–H groups in total. The minimum Gasteiger partial charge on any atom is -0.332 e. The van der Waals surface area contributed by atoms with Gasteiger partial charge in [-0.05, 0) is 42.8 Å². The number of carbonyl (C=O) groups excluding carboxylic acids is 1. The number of halogens is 1. The molecular formula is C16H15BrN4OS. The average molecular weight is 391 g/mol. The highest BCUT2D eigenvalue weighted by molar-refractivity contribution is 9.10. The number of H-pyrrole nitrogens is 1. The minimum atomic E-state index is -0.223. The van der Waals surface area contributed by atoms with E-state index < -0.39 is 0 Å². The Labute approximate surface area is 146 Å². The Kier molecular flexibility index (Phi) is 4.97. The number of pyridine rings is 1. The molecule has 0 unspecified atom stereocenters. The number of hydrogen-bond donors (Lipinski definition) is 2. The topological polar surface area (TPSA) is 70.7 Å². The first-order chi connectivity index (χ1) is 11.2. The van der Waals surface area contributed by atoms with Crippen LogP contribution in [0.3, 0.4) is 0 Å². The van der Waals surface area contributed by atoms with Crippen molar-refractivity contribution >= 4 is 50.5 Å². The molecule has 0 aliphatic carbocycles. The van der Waals surface area contributed by atoms with Crippen molar-refractivity contribution in [2.45, 2.75) is 23.8 Å². The van der Waals surface area contributed by atoms with Crippen molar-refractivity contribution in [2.24, 2.45) is 0 Å². The van der Waals surface area contributed by atoms with E-state index in [0.717, 1.165) is 15.7 Å². The quantitative estimate of drug-likeness (QED) is 0.639. The van der Waals surface area contributed by atoms with Gasteiger partial charge in [0.25, 0.3) is 0 Å². The van der Waals surface area contributed by atoms with Crippen LogP contribution in [-0.2, 0) is 4.79 Å². The van der Waals surface area contributed by atoms with Gasteiger partial charge in [-0.1, -0.05) is 34.6 Å². The number of aromatic nitrogens is 3. The summed E-state index contributed by atoms with van der Waals surface area (Å²) < 4.78 is 0.978. The van der Waals surface area contributed by atoms with Crippen molar-refractivity contribution < 1.29 is 4.79 Å². The normalized spacial score (nSPS) is 12.3. The van der Waals surface area contributed by atoms with Crippen molar-refractivity contribution in [1.82, 2.24) is 15.0 Å². The van der Waals surface area contributed by atoms with Gasteiger partial charge in [0.15, 0.2) is 10.8 Å². The molecule has 2 aromatic heterocycles. The van der Waals surface area contributed by atoms with Crippen LogP contribution in [-0.4, -0.2) is 26.1 Å². The summed E-state index contributed by atoms with van der Waals surface area (Å²) >= 11 is 4.80. The molecule has 5 nitrogen and oxygen atoms in total. The smallest absolute Gasteiger partial charge is 0.237 e. The summed E-state index contributed by atoms with van der Waals surface area (Å²) in [5.41, 5.74) is 2.32. The number of fused-ring (bicyclic) bond motifs is 1. The summed E-state index contributed by atoms with van der Waals surface area (Å²) in [5.74, 6) is -0.0340. The molecule has 0 saturated carbocycles. The standard InChI is InChI=1S/C16H15BrN4OS/c1-2-13(15(22)19-11-7-5-10(17)6-8-11)23-16-20-12-4-3-9-18-14(12)21-16/h3-9,13H,2H2,1H3,(H,19,22)(H,18,20,21)/t13-/m0/s1. The Morgan fingerprint density at radius 1 is 1.35 bits per heavy atom. The highest BCUT2D eigenvalue weighted by atomic mass is 79.9. The highest BCUT2D eigenvalue weighted by Gasteiger charge is 2.20. The summed E-state index contributed by atoms with van der Waals surface area (Å²) in [7, 11) is 0. The van der Waals surface area contributed by atoms with Gasteiger partial charge in [-0.25, -0.2) is 9.97 Å². The van der Waals surface area contributed by atoms with Crippen molar-refractivity contribution in [3.63, 3.8) is 0 Å². The van der Waals surface area contributed by atoms with Gasteiger partial charge < -0.3 is 10.3 Å². The first-order valence-corrected chi connectivity index (χ1v) is 8.87. The maximum atomic E-state index is 12.4. The van der Waals surface area contributed by atoms with E-state index in [2.05, 4.69) is 36.2 Å². The fourth-order valence-electron chi connectivity index (χ4n) is 2.09. The number of anilines is 1. The number of nitrogens with zero attached hydrogens (tertiary/aromatic N) is 2. The second kappa shape index (κ2) is 7.14. The van der Waals surface area contributed by atoms with Crippen molar-refractivity contribution in [2.75, 3.05) is 5.32 Å². The summed E-state index contributed by atoms with van der Waals surface area (Å²) in [5, 5.41) is 3.42. The molecule has 0 aliphatic heterocycles. The predicted molar refractivity (Wildman–Crippen MR) is 96.6 cm³/mol.